The van der Waals surface area contributed by atoms with Gasteiger partial charge in [0.15, 0.2) is 11.5 Å². The van der Waals surface area contributed by atoms with E-state index < -0.39 is 0 Å². The van der Waals surface area contributed by atoms with Gasteiger partial charge in [0.2, 0.25) is 5.88 Å². The van der Waals surface area contributed by atoms with Crippen LogP contribution in [-0.2, 0) is 0 Å². The third-order valence-electron chi connectivity index (χ3n) is 3.84. The van der Waals surface area contributed by atoms with Gasteiger partial charge < -0.3 is 14.8 Å². The van der Waals surface area contributed by atoms with E-state index in [0.29, 0.717) is 18.2 Å². The summed E-state index contributed by atoms with van der Waals surface area (Å²) >= 11 is 0. The van der Waals surface area contributed by atoms with E-state index in [1.807, 2.05) is 36.4 Å². The Bertz CT molecular complexity index is 728. The molecule has 3 rings (SSSR count). The molecule has 0 bridgehead atoms. The van der Waals surface area contributed by atoms with Crippen molar-refractivity contribution in [1.82, 2.24) is 10.3 Å². The smallest absolute Gasteiger partial charge is 0.230 e. The molecule has 5 heteroatoms. The molecule has 2 aromatic rings. The minimum atomic E-state index is 0.276. The van der Waals surface area contributed by atoms with Gasteiger partial charge in [-0.05, 0) is 57.4 Å². The van der Waals surface area contributed by atoms with E-state index in [4.69, 9.17) is 14.5 Å². The van der Waals surface area contributed by atoms with Gasteiger partial charge in [-0.2, -0.15) is 0 Å². The van der Waals surface area contributed by atoms with Crippen molar-refractivity contribution >= 4 is 5.84 Å². The Labute approximate surface area is 149 Å². The largest absolute Gasteiger partial charge is 0.490 e. The fourth-order valence-electron chi connectivity index (χ4n) is 2.66. The fraction of sp³-hybridized carbons (Fsp3) is 0.400. The average Bonchev–Trinajstić information content (AvgIpc) is 2.62. The highest BCUT2D eigenvalue weighted by Gasteiger charge is 2.15. The first kappa shape index (κ1) is 17.3. The maximum atomic E-state index is 6.11. The lowest BCUT2D eigenvalue weighted by atomic mass is 10.2. The summed E-state index contributed by atoms with van der Waals surface area (Å²) in [6.07, 6.45) is 4.85. The topological polar surface area (TPSA) is 55.7 Å². The number of aliphatic imine (C=N–C) groups is 1. The van der Waals surface area contributed by atoms with Crippen molar-refractivity contribution in [2.45, 2.75) is 39.2 Å². The predicted octanol–water partition coefficient (Wildman–Crippen LogP) is 4.18. The molecule has 0 spiro atoms. The summed E-state index contributed by atoms with van der Waals surface area (Å²) in [6.45, 7) is 5.65. The summed E-state index contributed by atoms with van der Waals surface area (Å²) in [4.78, 5) is 9.20. The summed E-state index contributed by atoms with van der Waals surface area (Å²) < 4.78 is 12.0. The highest BCUT2D eigenvalue weighted by atomic mass is 16.5. The van der Waals surface area contributed by atoms with Gasteiger partial charge >= 0.3 is 0 Å². The molecule has 0 atom stereocenters. The van der Waals surface area contributed by atoms with Crippen LogP contribution in [0.1, 0.15) is 38.7 Å². The van der Waals surface area contributed by atoms with Gasteiger partial charge in [0.1, 0.15) is 5.84 Å². The molecule has 25 heavy (non-hydrogen) atoms. The van der Waals surface area contributed by atoms with Crippen LogP contribution in [0.3, 0.4) is 0 Å². The summed E-state index contributed by atoms with van der Waals surface area (Å²) in [5, 5.41) is 3.43. The van der Waals surface area contributed by atoms with Gasteiger partial charge in [-0.25, -0.2) is 4.98 Å². The van der Waals surface area contributed by atoms with Crippen LogP contribution in [0.15, 0.2) is 47.6 Å². The minimum Gasteiger partial charge on any atom is -0.490 e. The first-order valence-electron chi connectivity index (χ1n) is 8.90. The average molecular weight is 339 g/mol. The van der Waals surface area contributed by atoms with Crippen LogP contribution in [0.25, 0.3) is 0 Å². The van der Waals surface area contributed by atoms with E-state index in [1.54, 1.807) is 6.20 Å². The molecule has 0 amide bonds. The molecule has 1 aromatic heterocycles. The van der Waals surface area contributed by atoms with Crippen LogP contribution >= 0.6 is 0 Å². The normalized spacial score (nSPS) is 15.2. The number of fused-ring (bicyclic) bond motifs is 2. The number of para-hydroxylation sites is 2. The minimum absolute atomic E-state index is 0.276. The quantitative estimate of drug-likeness (QED) is 0.847. The van der Waals surface area contributed by atoms with Gasteiger partial charge in [-0.3, -0.25) is 4.99 Å². The molecule has 1 aromatic carbocycles. The van der Waals surface area contributed by atoms with E-state index in [-0.39, 0.29) is 6.04 Å². The summed E-state index contributed by atoms with van der Waals surface area (Å²) in [5.74, 6) is 2.78. The molecule has 1 N–H and O–H groups in total. The SMILES string of the molecule is CC(C)NC1=NCCCCCOc2ccccc2Oc2ncccc21. The third-order valence-corrected chi connectivity index (χ3v) is 3.84. The van der Waals surface area contributed by atoms with E-state index in [1.165, 1.54) is 0 Å². The molecule has 2 heterocycles. The number of ether oxygens (including phenoxy) is 2. The Morgan fingerprint density at radius 2 is 1.84 bits per heavy atom. The molecule has 1 aliphatic heterocycles. The lowest BCUT2D eigenvalue weighted by Gasteiger charge is -2.17. The first-order valence-corrected chi connectivity index (χ1v) is 8.90. The maximum absolute atomic E-state index is 6.11. The van der Waals surface area contributed by atoms with Crippen molar-refractivity contribution in [3.05, 3.63) is 48.2 Å². The summed E-state index contributed by atoms with van der Waals surface area (Å²) in [7, 11) is 0. The summed E-state index contributed by atoms with van der Waals surface area (Å²) in [5.41, 5.74) is 0.866. The number of nitrogens with one attached hydrogen (secondary N) is 1. The fourth-order valence-corrected chi connectivity index (χ4v) is 2.66. The monoisotopic (exact) mass is 339 g/mol. The van der Waals surface area contributed by atoms with E-state index >= 15 is 0 Å². The van der Waals surface area contributed by atoms with Crippen LogP contribution in [0.2, 0.25) is 0 Å². The number of rotatable bonds is 1. The van der Waals surface area contributed by atoms with E-state index in [0.717, 1.165) is 43.0 Å². The molecule has 132 valence electrons. The van der Waals surface area contributed by atoms with Crippen molar-refractivity contribution in [2.24, 2.45) is 4.99 Å². The molecule has 0 unspecified atom stereocenters. The lowest BCUT2D eigenvalue weighted by molar-refractivity contribution is 0.291. The van der Waals surface area contributed by atoms with Crippen molar-refractivity contribution in [3.8, 4) is 17.4 Å². The van der Waals surface area contributed by atoms with Gasteiger partial charge in [-0.15, -0.1) is 0 Å². The highest BCUT2D eigenvalue weighted by molar-refractivity contribution is 6.00. The standard InChI is InChI=1S/C20H25N3O2/c1-15(2)23-19-16-9-8-13-22-20(16)25-18-11-5-4-10-17(18)24-14-7-3-6-12-21-19/h4-5,8-11,13,15H,3,6-7,12,14H2,1-2H3,(H,21,23). The number of nitrogens with zero attached hydrogens (tertiary/aromatic N) is 2. The van der Waals surface area contributed by atoms with Gasteiger partial charge in [0, 0.05) is 18.8 Å². The van der Waals surface area contributed by atoms with Crippen molar-refractivity contribution in [2.75, 3.05) is 13.2 Å². The molecular weight excluding hydrogens is 314 g/mol. The first-order chi connectivity index (χ1) is 12.2. The zero-order valence-electron chi connectivity index (χ0n) is 14.9. The van der Waals surface area contributed by atoms with Gasteiger partial charge in [0.25, 0.3) is 0 Å². The van der Waals surface area contributed by atoms with Gasteiger partial charge in [-0.1, -0.05) is 12.1 Å². The molecule has 0 saturated heterocycles. The van der Waals surface area contributed by atoms with Crippen molar-refractivity contribution in [1.29, 1.82) is 0 Å². The Morgan fingerprint density at radius 3 is 2.68 bits per heavy atom. The molecule has 0 radical (unpaired) electrons. The predicted molar refractivity (Wildman–Crippen MR) is 99.8 cm³/mol. The molecule has 0 saturated carbocycles. The number of aromatic nitrogens is 1. The zero-order chi connectivity index (χ0) is 17.5. The van der Waals surface area contributed by atoms with Crippen LogP contribution in [0, 0.1) is 0 Å². The van der Waals surface area contributed by atoms with Gasteiger partial charge in [0.05, 0.1) is 12.2 Å². The van der Waals surface area contributed by atoms with Crippen LogP contribution in [-0.4, -0.2) is 30.0 Å². The van der Waals surface area contributed by atoms with E-state index in [2.05, 4.69) is 24.1 Å². The number of pyridine rings is 1. The Morgan fingerprint density at radius 1 is 1.00 bits per heavy atom. The Balaban J connectivity index is 2.01. The second-order valence-corrected chi connectivity index (χ2v) is 6.34. The maximum Gasteiger partial charge on any atom is 0.230 e. The molecular formula is C20H25N3O2. The molecule has 1 aliphatic rings. The highest BCUT2D eigenvalue weighted by Crippen LogP contribution is 2.32. The number of amidine groups is 1. The second-order valence-electron chi connectivity index (χ2n) is 6.34. The van der Waals surface area contributed by atoms with E-state index in [9.17, 15) is 0 Å². The summed E-state index contributed by atoms with van der Waals surface area (Å²) in [6, 6.07) is 11.9. The Kier molecular flexibility index (Phi) is 5.88. The zero-order valence-corrected chi connectivity index (χ0v) is 14.9. The third kappa shape index (κ3) is 4.72. The second kappa shape index (κ2) is 8.51. The lowest BCUT2D eigenvalue weighted by Crippen LogP contribution is -2.31. The van der Waals surface area contributed by atoms with Crippen LogP contribution in [0.4, 0.5) is 0 Å². The van der Waals surface area contributed by atoms with Crippen LogP contribution in [0.5, 0.6) is 17.4 Å². The number of benzene rings is 1. The molecule has 0 aliphatic carbocycles. The Hall–Kier alpha value is -2.56. The van der Waals surface area contributed by atoms with Crippen molar-refractivity contribution < 1.29 is 9.47 Å². The van der Waals surface area contributed by atoms with Crippen molar-refractivity contribution in [3.63, 3.8) is 0 Å². The van der Waals surface area contributed by atoms with Crippen LogP contribution < -0.4 is 14.8 Å². The number of hydrogen-bond donors (Lipinski definition) is 1. The molecule has 0 fully saturated rings. The molecule has 5 nitrogen and oxygen atoms in total. The number of hydrogen-bond acceptors (Lipinski definition) is 5.